The van der Waals surface area contributed by atoms with Crippen molar-refractivity contribution in [1.29, 1.82) is 0 Å². The molecule has 30 heavy (non-hydrogen) atoms. The monoisotopic (exact) mass is 417 g/mol. The predicted octanol–water partition coefficient (Wildman–Crippen LogP) is 5.34. The van der Waals surface area contributed by atoms with Crippen LogP contribution in [0.1, 0.15) is 51.6 Å². The molecule has 2 unspecified atom stereocenters. The number of hydrogen-bond donors (Lipinski definition) is 1. The van der Waals surface area contributed by atoms with Crippen LogP contribution in [0.5, 0.6) is 5.75 Å². The van der Waals surface area contributed by atoms with Gasteiger partial charge in [0.2, 0.25) is 0 Å². The minimum absolute atomic E-state index is 0.0383. The molecule has 1 heterocycles. The Morgan fingerprint density at radius 2 is 1.83 bits per heavy atom. The second-order valence-corrected chi connectivity index (χ2v) is 8.08. The average molecular weight is 418 g/mol. The first-order valence-electron chi connectivity index (χ1n) is 10.2. The van der Waals surface area contributed by atoms with Crippen molar-refractivity contribution in [2.75, 3.05) is 13.7 Å². The maximum atomic E-state index is 12.3. The first-order valence-corrected chi connectivity index (χ1v) is 10.2. The Hall–Kier alpha value is -2.60. The standard InChI is InChI=1S/C18H27NO4.C6H5F/c1-13(14-5-7-15(22-4)8-6-14)19-12-10-16(23-17(19)20)9-11-18(2,3)21;7-6-4-2-1-3-5-6/h5-8,13,16,21H,9-12H2,1-4H3;1-5H. The lowest BCUT2D eigenvalue weighted by Gasteiger charge is -2.36. The van der Waals surface area contributed by atoms with Crippen LogP contribution in [0.25, 0.3) is 0 Å². The summed E-state index contributed by atoms with van der Waals surface area (Å²) in [6.45, 7) is 6.22. The number of hydrogen-bond acceptors (Lipinski definition) is 4. The van der Waals surface area contributed by atoms with E-state index in [9.17, 15) is 14.3 Å². The van der Waals surface area contributed by atoms with Crippen LogP contribution in [0.15, 0.2) is 54.6 Å². The third kappa shape index (κ3) is 7.67. The van der Waals surface area contributed by atoms with Crippen molar-refractivity contribution in [2.24, 2.45) is 0 Å². The molecular weight excluding hydrogens is 385 g/mol. The van der Waals surface area contributed by atoms with Gasteiger partial charge in [-0.25, -0.2) is 9.18 Å². The second kappa shape index (κ2) is 11.0. The van der Waals surface area contributed by atoms with E-state index in [0.717, 1.165) is 17.7 Å². The number of benzene rings is 2. The lowest BCUT2D eigenvalue weighted by molar-refractivity contribution is -0.00600. The van der Waals surface area contributed by atoms with Gasteiger partial charge in [0.05, 0.1) is 18.8 Å². The van der Waals surface area contributed by atoms with Crippen molar-refractivity contribution in [1.82, 2.24) is 4.90 Å². The Morgan fingerprint density at radius 3 is 2.30 bits per heavy atom. The number of rotatable bonds is 6. The molecular formula is C24H32FNO4. The van der Waals surface area contributed by atoms with Crippen LogP contribution in [0, 0.1) is 5.82 Å². The van der Waals surface area contributed by atoms with Gasteiger partial charge < -0.3 is 19.5 Å². The molecule has 0 saturated carbocycles. The van der Waals surface area contributed by atoms with E-state index in [1.807, 2.05) is 31.2 Å². The summed E-state index contributed by atoms with van der Waals surface area (Å²) >= 11 is 0. The molecule has 1 fully saturated rings. The van der Waals surface area contributed by atoms with Crippen LogP contribution in [-0.4, -0.2) is 41.5 Å². The van der Waals surface area contributed by atoms with Crippen LogP contribution in [0.2, 0.25) is 0 Å². The zero-order valence-electron chi connectivity index (χ0n) is 18.2. The molecule has 1 aliphatic heterocycles. The number of carbonyl (C=O) groups excluding carboxylic acids is 1. The van der Waals surface area contributed by atoms with E-state index in [0.29, 0.717) is 19.4 Å². The van der Waals surface area contributed by atoms with Crippen molar-refractivity contribution in [3.05, 3.63) is 66.0 Å². The number of ether oxygens (including phenoxy) is 2. The minimum Gasteiger partial charge on any atom is -0.497 e. The Bertz CT molecular complexity index is 774. The van der Waals surface area contributed by atoms with E-state index in [4.69, 9.17) is 9.47 Å². The van der Waals surface area contributed by atoms with Gasteiger partial charge in [-0.3, -0.25) is 0 Å². The van der Waals surface area contributed by atoms with E-state index in [2.05, 4.69) is 0 Å². The highest BCUT2D eigenvalue weighted by Gasteiger charge is 2.31. The quantitative estimate of drug-likeness (QED) is 0.689. The number of nitrogens with zero attached hydrogens (tertiary/aromatic N) is 1. The van der Waals surface area contributed by atoms with Gasteiger partial charge in [0.1, 0.15) is 17.7 Å². The summed E-state index contributed by atoms with van der Waals surface area (Å²) in [6.07, 6.45) is 1.73. The summed E-state index contributed by atoms with van der Waals surface area (Å²) in [5.74, 6) is 0.622. The first-order chi connectivity index (χ1) is 14.2. The lowest BCUT2D eigenvalue weighted by Crippen LogP contribution is -2.43. The van der Waals surface area contributed by atoms with Gasteiger partial charge in [-0.15, -0.1) is 0 Å². The lowest BCUT2D eigenvalue weighted by atomic mass is 9.98. The summed E-state index contributed by atoms with van der Waals surface area (Å²) in [7, 11) is 1.63. The number of aliphatic hydroxyl groups is 1. The summed E-state index contributed by atoms with van der Waals surface area (Å²) < 4.78 is 22.6. The van der Waals surface area contributed by atoms with E-state index >= 15 is 0 Å². The van der Waals surface area contributed by atoms with Gasteiger partial charge in [0.15, 0.2) is 0 Å². The molecule has 1 amide bonds. The first kappa shape index (κ1) is 23.7. The molecule has 0 spiro atoms. The summed E-state index contributed by atoms with van der Waals surface area (Å²) in [6, 6.07) is 15.6. The number of amides is 1. The van der Waals surface area contributed by atoms with Gasteiger partial charge >= 0.3 is 6.09 Å². The summed E-state index contributed by atoms with van der Waals surface area (Å²) in [5.41, 5.74) is 0.331. The molecule has 0 aliphatic carbocycles. The predicted molar refractivity (Wildman–Crippen MR) is 115 cm³/mol. The maximum absolute atomic E-state index is 12.3. The molecule has 6 heteroatoms. The largest absolute Gasteiger partial charge is 0.497 e. The zero-order valence-corrected chi connectivity index (χ0v) is 18.2. The fraction of sp³-hybridized carbons (Fsp3) is 0.458. The molecule has 5 nitrogen and oxygen atoms in total. The molecule has 164 valence electrons. The van der Waals surface area contributed by atoms with Gasteiger partial charge in [-0.1, -0.05) is 30.3 Å². The third-order valence-electron chi connectivity index (χ3n) is 5.07. The highest BCUT2D eigenvalue weighted by Crippen LogP contribution is 2.28. The van der Waals surface area contributed by atoms with Gasteiger partial charge in [-0.05, 0) is 63.4 Å². The third-order valence-corrected chi connectivity index (χ3v) is 5.07. The molecule has 2 aromatic carbocycles. The maximum Gasteiger partial charge on any atom is 0.410 e. The van der Waals surface area contributed by atoms with E-state index in [1.165, 1.54) is 12.1 Å². The molecule has 0 aromatic heterocycles. The van der Waals surface area contributed by atoms with E-state index in [1.54, 1.807) is 44.1 Å². The molecule has 1 saturated heterocycles. The Balaban J connectivity index is 0.000000386. The number of carbonyl (C=O) groups is 1. The molecule has 3 rings (SSSR count). The van der Waals surface area contributed by atoms with Crippen LogP contribution < -0.4 is 4.74 Å². The number of halogens is 1. The second-order valence-electron chi connectivity index (χ2n) is 8.08. The molecule has 0 radical (unpaired) electrons. The Morgan fingerprint density at radius 1 is 1.20 bits per heavy atom. The van der Waals surface area contributed by atoms with Crippen LogP contribution >= 0.6 is 0 Å². The smallest absolute Gasteiger partial charge is 0.410 e. The molecule has 2 atom stereocenters. The van der Waals surface area contributed by atoms with Gasteiger partial charge in [-0.2, -0.15) is 0 Å². The molecule has 0 bridgehead atoms. The highest BCUT2D eigenvalue weighted by atomic mass is 19.1. The fourth-order valence-electron chi connectivity index (χ4n) is 3.19. The number of cyclic esters (lactones) is 1. The van der Waals surface area contributed by atoms with Crippen molar-refractivity contribution >= 4 is 6.09 Å². The molecule has 2 aromatic rings. The van der Waals surface area contributed by atoms with Crippen molar-refractivity contribution in [2.45, 2.75) is 57.8 Å². The van der Waals surface area contributed by atoms with Crippen molar-refractivity contribution in [3.8, 4) is 5.75 Å². The van der Waals surface area contributed by atoms with Gasteiger partial charge in [0, 0.05) is 13.0 Å². The van der Waals surface area contributed by atoms with E-state index in [-0.39, 0.29) is 24.1 Å². The summed E-state index contributed by atoms with van der Waals surface area (Å²) in [5, 5.41) is 9.78. The Kier molecular flexibility index (Phi) is 8.66. The van der Waals surface area contributed by atoms with Crippen LogP contribution in [0.3, 0.4) is 0 Å². The minimum atomic E-state index is -0.722. The highest BCUT2D eigenvalue weighted by molar-refractivity contribution is 5.69. The van der Waals surface area contributed by atoms with Crippen LogP contribution in [-0.2, 0) is 4.74 Å². The SMILES string of the molecule is COc1ccc(C(C)N2CCC(CCC(C)(C)O)OC2=O)cc1.Fc1ccccc1. The average Bonchev–Trinajstić information content (AvgIpc) is 2.72. The zero-order chi connectivity index (χ0) is 22.1. The van der Waals surface area contributed by atoms with Crippen molar-refractivity contribution < 1.29 is 23.8 Å². The van der Waals surface area contributed by atoms with Crippen molar-refractivity contribution in [3.63, 3.8) is 0 Å². The van der Waals surface area contributed by atoms with Gasteiger partial charge in [0.25, 0.3) is 0 Å². The molecule has 1 N–H and O–H groups in total. The number of methoxy groups -OCH3 is 1. The Labute approximate surface area is 178 Å². The topological polar surface area (TPSA) is 59.0 Å². The van der Waals surface area contributed by atoms with E-state index < -0.39 is 5.60 Å². The summed E-state index contributed by atoms with van der Waals surface area (Å²) in [4.78, 5) is 14.0. The fourth-order valence-corrected chi connectivity index (χ4v) is 3.19. The normalized spacial score (nSPS) is 17.5. The molecule has 1 aliphatic rings. The van der Waals surface area contributed by atoms with Crippen LogP contribution in [0.4, 0.5) is 9.18 Å².